The monoisotopic (exact) mass is 446 g/mol. The molecular formula is C20H22N4O4S2. The molecule has 4 heterocycles. The van der Waals surface area contributed by atoms with E-state index in [-0.39, 0.29) is 12.0 Å². The standard InChI is InChI=1S/C20H22N4O4S2/c1-11(25)22-17-16(18-23-13-10-27-21-7-5-14(13)29-18)12-6-8-24(9-15(12)30-17)19(26)28-20(2,3)4/h5,7,10H,6,8-9H2,1-4H3,(H,22,25). The summed E-state index contributed by atoms with van der Waals surface area (Å²) in [6.07, 6.45) is 5.28. The summed E-state index contributed by atoms with van der Waals surface area (Å²) in [5.74, 6) is -0.148. The lowest BCUT2D eigenvalue weighted by Crippen LogP contribution is -2.39. The summed E-state index contributed by atoms with van der Waals surface area (Å²) in [5, 5.41) is 8.94. The first-order valence-corrected chi connectivity index (χ1v) is 11.1. The number of rotatable bonds is 2. The fourth-order valence-electron chi connectivity index (χ4n) is 3.23. The van der Waals surface area contributed by atoms with E-state index in [4.69, 9.17) is 14.6 Å². The molecule has 0 radical (unpaired) electrons. The maximum Gasteiger partial charge on any atom is 0.410 e. The number of hydrogen-bond acceptors (Lipinski definition) is 8. The SMILES string of the molecule is CC(=O)Nc1sc2c(c1-c1nc3c(s1)=CC=NOC=3)CCN(C(=O)OC(C)(C)C)C2. The average Bonchev–Trinajstić information content (AvgIpc) is 3.12. The summed E-state index contributed by atoms with van der Waals surface area (Å²) in [5.41, 5.74) is 1.49. The third-order valence-corrected chi connectivity index (χ3v) is 6.59. The van der Waals surface area contributed by atoms with Crippen LogP contribution in [0.15, 0.2) is 5.16 Å². The van der Waals surface area contributed by atoms with Crippen molar-refractivity contribution in [2.45, 2.75) is 46.3 Å². The molecule has 30 heavy (non-hydrogen) atoms. The lowest BCUT2D eigenvalue weighted by atomic mass is 10.0. The second-order valence-corrected chi connectivity index (χ2v) is 10.1. The number of hydrogen-bond donors (Lipinski definition) is 1. The van der Waals surface area contributed by atoms with Gasteiger partial charge in [-0.15, -0.1) is 22.7 Å². The van der Waals surface area contributed by atoms with E-state index in [1.54, 1.807) is 11.1 Å². The van der Waals surface area contributed by atoms with Crippen molar-refractivity contribution in [1.29, 1.82) is 0 Å². The Balaban J connectivity index is 1.73. The van der Waals surface area contributed by atoms with Gasteiger partial charge in [0, 0.05) is 23.9 Å². The largest absolute Gasteiger partial charge is 0.444 e. The highest BCUT2D eigenvalue weighted by Gasteiger charge is 2.31. The maximum absolute atomic E-state index is 12.5. The third kappa shape index (κ3) is 4.24. The minimum absolute atomic E-state index is 0.148. The molecule has 8 nitrogen and oxygen atoms in total. The molecule has 0 saturated heterocycles. The summed E-state index contributed by atoms with van der Waals surface area (Å²) >= 11 is 3.00. The average molecular weight is 447 g/mol. The molecule has 2 aliphatic heterocycles. The molecule has 0 saturated carbocycles. The first-order chi connectivity index (χ1) is 14.2. The molecule has 0 spiro atoms. The van der Waals surface area contributed by atoms with E-state index in [0.717, 1.165) is 30.5 Å². The number of nitrogens with one attached hydrogen (secondary N) is 1. The quantitative estimate of drug-likeness (QED) is 0.766. The van der Waals surface area contributed by atoms with Crippen LogP contribution in [-0.2, 0) is 27.3 Å². The number of nitrogens with zero attached hydrogens (tertiary/aromatic N) is 3. The molecule has 0 aromatic carbocycles. The molecule has 0 fully saturated rings. The number of carbonyl (C=O) groups is 2. The first-order valence-electron chi connectivity index (χ1n) is 9.48. The Labute approximate surface area is 181 Å². The summed E-state index contributed by atoms with van der Waals surface area (Å²) in [4.78, 5) is 36.9. The van der Waals surface area contributed by atoms with E-state index in [9.17, 15) is 9.59 Å². The highest BCUT2D eigenvalue weighted by molar-refractivity contribution is 7.18. The minimum Gasteiger partial charge on any atom is -0.444 e. The number of thiazole rings is 1. The number of carbonyl (C=O) groups excluding carboxylic acids is 2. The molecule has 0 atom stereocenters. The van der Waals surface area contributed by atoms with Crippen molar-refractivity contribution in [2.24, 2.45) is 5.16 Å². The van der Waals surface area contributed by atoms with Crippen molar-refractivity contribution in [1.82, 2.24) is 9.88 Å². The summed E-state index contributed by atoms with van der Waals surface area (Å²) in [6, 6.07) is 0. The van der Waals surface area contributed by atoms with Gasteiger partial charge in [0.1, 0.15) is 27.2 Å². The van der Waals surface area contributed by atoms with Crippen molar-refractivity contribution < 1.29 is 19.2 Å². The molecule has 4 rings (SSSR count). The van der Waals surface area contributed by atoms with Gasteiger partial charge in [0.2, 0.25) is 5.91 Å². The van der Waals surface area contributed by atoms with Gasteiger partial charge >= 0.3 is 6.09 Å². The fourth-order valence-corrected chi connectivity index (χ4v) is 5.61. The zero-order valence-electron chi connectivity index (χ0n) is 17.1. The van der Waals surface area contributed by atoms with E-state index >= 15 is 0 Å². The smallest absolute Gasteiger partial charge is 0.410 e. The molecule has 0 bridgehead atoms. The first kappa shape index (κ1) is 20.5. The number of amides is 2. The number of oxime groups is 1. The van der Waals surface area contributed by atoms with Gasteiger partial charge < -0.3 is 19.8 Å². The molecule has 2 aliphatic rings. The van der Waals surface area contributed by atoms with Crippen molar-refractivity contribution in [2.75, 3.05) is 11.9 Å². The van der Waals surface area contributed by atoms with Crippen LogP contribution in [0.3, 0.4) is 0 Å². The van der Waals surface area contributed by atoms with Gasteiger partial charge in [-0.25, -0.2) is 9.78 Å². The molecule has 2 aromatic rings. The lowest BCUT2D eigenvalue weighted by molar-refractivity contribution is -0.114. The zero-order chi connectivity index (χ0) is 21.5. The van der Waals surface area contributed by atoms with Crippen molar-refractivity contribution in [3.63, 3.8) is 0 Å². The molecule has 10 heteroatoms. The van der Waals surface area contributed by atoms with Crippen LogP contribution in [0.5, 0.6) is 0 Å². The number of fused-ring (bicyclic) bond motifs is 2. The van der Waals surface area contributed by atoms with E-state index in [1.165, 1.54) is 35.9 Å². The molecule has 2 amide bonds. The molecule has 2 aromatic heterocycles. The molecule has 1 N–H and O–H groups in total. The fraction of sp³-hybridized carbons (Fsp3) is 0.400. The van der Waals surface area contributed by atoms with Crippen molar-refractivity contribution >= 4 is 58.2 Å². The van der Waals surface area contributed by atoms with Crippen LogP contribution in [0.2, 0.25) is 0 Å². The van der Waals surface area contributed by atoms with Crippen molar-refractivity contribution in [3.8, 4) is 10.6 Å². The Morgan fingerprint density at radius 3 is 2.83 bits per heavy atom. The number of aromatic nitrogens is 1. The van der Waals surface area contributed by atoms with E-state index in [1.807, 2.05) is 26.8 Å². The summed E-state index contributed by atoms with van der Waals surface area (Å²) < 4.78 is 6.46. The number of anilines is 1. The lowest BCUT2D eigenvalue weighted by Gasteiger charge is -2.30. The second kappa shape index (κ2) is 7.84. The molecule has 158 valence electrons. The van der Waals surface area contributed by atoms with Gasteiger partial charge in [-0.05, 0) is 38.8 Å². The molecular weight excluding hydrogens is 424 g/mol. The van der Waals surface area contributed by atoms with Gasteiger partial charge in [0.25, 0.3) is 0 Å². The van der Waals surface area contributed by atoms with E-state index in [2.05, 4.69) is 10.5 Å². The maximum atomic E-state index is 12.5. The molecule has 0 aliphatic carbocycles. The Hall–Kier alpha value is -2.72. The highest BCUT2D eigenvalue weighted by Crippen LogP contribution is 2.43. The predicted octanol–water partition coefficient (Wildman–Crippen LogP) is 2.66. The number of ether oxygens (including phenoxy) is 1. The molecule has 0 unspecified atom stereocenters. The van der Waals surface area contributed by atoms with Crippen LogP contribution in [0, 0.1) is 0 Å². The van der Waals surface area contributed by atoms with E-state index in [0.29, 0.717) is 24.9 Å². The minimum atomic E-state index is -0.545. The zero-order valence-corrected chi connectivity index (χ0v) is 18.8. The van der Waals surface area contributed by atoms with Crippen LogP contribution in [0.25, 0.3) is 22.9 Å². The van der Waals surface area contributed by atoms with Crippen LogP contribution < -0.4 is 15.2 Å². The normalized spacial score (nSPS) is 15.1. The Morgan fingerprint density at radius 2 is 2.10 bits per heavy atom. The van der Waals surface area contributed by atoms with Crippen LogP contribution in [0.1, 0.15) is 38.1 Å². The van der Waals surface area contributed by atoms with Crippen molar-refractivity contribution in [3.05, 3.63) is 20.3 Å². The van der Waals surface area contributed by atoms with Crippen LogP contribution >= 0.6 is 22.7 Å². The van der Waals surface area contributed by atoms with Crippen LogP contribution in [-0.4, -0.2) is 40.2 Å². The Morgan fingerprint density at radius 1 is 1.30 bits per heavy atom. The van der Waals surface area contributed by atoms with Gasteiger partial charge in [-0.1, -0.05) is 5.16 Å². The third-order valence-electron chi connectivity index (χ3n) is 4.41. The highest BCUT2D eigenvalue weighted by atomic mass is 32.1. The summed E-state index contributed by atoms with van der Waals surface area (Å²) in [6.45, 7) is 8.04. The van der Waals surface area contributed by atoms with E-state index < -0.39 is 5.60 Å². The van der Waals surface area contributed by atoms with Gasteiger partial charge in [-0.3, -0.25) is 4.79 Å². The number of thiophene rings is 1. The predicted molar refractivity (Wildman–Crippen MR) is 118 cm³/mol. The topological polar surface area (TPSA) is 93.1 Å². The summed E-state index contributed by atoms with van der Waals surface area (Å²) in [7, 11) is 0. The Bertz CT molecular complexity index is 1160. The van der Waals surface area contributed by atoms with Crippen LogP contribution in [0.4, 0.5) is 9.80 Å². The Kier molecular flexibility index (Phi) is 5.37. The van der Waals surface area contributed by atoms with Gasteiger partial charge in [-0.2, -0.15) is 0 Å². The second-order valence-electron chi connectivity index (χ2n) is 7.95. The van der Waals surface area contributed by atoms with Gasteiger partial charge in [0.15, 0.2) is 0 Å². The van der Waals surface area contributed by atoms with Gasteiger partial charge in [0.05, 0.1) is 17.3 Å².